The van der Waals surface area contributed by atoms with Crippen molar-refractivity contribution in [2.24, 2.45) is 0 Å². The van der Waals surface area contributed by atoms with E-state index in [1.807, 2.05) is 60.7 Å². The molecule has 0 radical (unpaired) electrons. The number of benzene rings is 2. The van der Waals surface area contributed by atoms with Gasteiger partial charge >= 0.3 is 5.97 Å². The molecule has 2 aromatic carbocycles. The third kappa shape index (κ3) is 3.28. The summed E-state index contributed by atoms with van der Waals surface area (Å²) in [6, 6.07) is 19.3. The largest absolute Gasteiger partial charge is 0.453 e. The summed E-state index contributed by atoms with van der Waals surface area (Å²) in [6.45, 7) is -0.275. The van der Waals surface area contributed by atoms with Crippen LogP contribution in [0.5, 0.6) is 0 Å². The monoisotopic (exact) mass is 401 g/mol. The Morgan fingerprint density at radius 1 is 1.00 bits per heavy atom. The maximum Gasteiger partial charge on any atom is 0.348 e. The van der Waals surface area contributed by atoms with Gasteiger partial charge in [0.1, 0.15) is 4.88 Å². The van der Waals surface area contributed by atoms with Crippen LogP contribution >= 0.6 is 11.3 Å². The van der Waals surface area contributed by atoms with Crippen LogP contribution in [0.1, 0.15) is 36.9 Å². The number of hydrogen-bond acceptors (Lipinski definition) is 4. The zero-order valence-electron chi connectivity index (χ0n) is 15.7. The van der Waals surface area contributed by atoms with E-state index in [1.165, 1.54) is 21.8 Å². The number of carbonyl (C=O) groups is 2. The molecule has 0 atom stereocenters. The van der Waals surface area contributed by atoms with Crippen molar-refractivity contribution < 1.29 is 14.3 Å². The predicted molar refractivity (Wildman–Crippen MR) is 115 cm³/mol. The van der Waals surface area contributed by atoms with Gasteiger partial charge in [-0.25, -0.2) is 4.79 Å². The van der Waals surface area contributed by atoms with Crippen LogP contribution in [0.25, 0.3) is 22.2 Å². The highest BCUT2D eigenvalue weighted by molar-refractivity contribution is 7.14. The number of ether oxygens (including phenoxy) is 1. The first kappa shape index (κ1) is 17.9. The molecule has 0 unspecified atom stereocenters. The predicted octanol–water partition coefficient (Wildman–Crippen LogP) is 5.42. The standard InChI is InChI=1S/C24H19NO3S/c26-19(14-28-24(27)21-13-16-9-6-12-20(16)29-21)22-17-10-4-5-11-18(17)25-23(22)15-7-2-1-3-8-15/h1-5,7-8,10-11,13,25H,6,9,12,14H2. The van der Waals surface area contributed by atoms with Gasteiger partial charge in [-0.15, -0.1) is 11.3 Å². The molecule has 0 amide bonds. The minimum absolute atomic E-state index is 0.209. The first-order valence-electron chi connectivity index (χ1n) is 9.69. The van der Waals surface area contributed by atoms with Crippen LogP contribution in [0, 0.1) is 0 Å². The Morgan fingerprint density at radius 3 is 2.62 bits per heavy atom. The highest BCUT2D eigenvalue weighted by Crippen LogP contribution is 2.32. The summed E-state index contributed by atoms with van der Waals surface area (Å²) in [5.41, 5.74) is 4.37. The van der Waals surface area contributed by atoms with Crippen LogP contribution in [0.4, 0.5) is 0 Å². The van der Waals surface area contributed by atoms with Crippen LogP contribution in [-0.4, -0.2) is 23.3 Å². The van der Waals surface area contributed by atoms with Gasteiger partial charge in [0.05, 0.1) is 11.3 Å². The molecule has 2 heterocycles. The fourth-order valence-electron chi connectivity index (χ4n) is 3.96. The normalized spacial score (nSPS) is 12.8. The lowest BCUT2D eigenvalue weighted by atomic mass is 10.0. The van der Waals surface area contributed by atoms with Crippen molar-refractivity contribution in [3.05, 3.63) is 81.5 Å². The number of H-pyrrole nitrogens is 1. The summed E-state index contributed by atoms with van der Waals surface area (Å²) >= 11 is 1.49. The Labute approximate surface area is 172 Å². The smallest absolute Gasteiger partial charge is 0.348 e. The molecule has 0 aliphatic heterocycles. The van der Waals surface area contributed by atoms with E-state index in [0.29, 0.717) is 10.4 Å². The SMILES string of the molecule is O=C(OCC(=O)c1c(-c2ccccc2)[nH]c2ccccc12)c1cc2c(s1)CCC2. The summed E-state index contributed by atoms with van der Waals surface area (Å²) in [7, 11) is 0. The third-order valence-electron chi connectivity index (χ3n) is 5.33. The lowest BCUT2D eigenvalue weighted by molar-refractivity contribution is 0.0480. The van der Waals surface area contributed by atoms with Gasteiger partial charge in [0.15, 0.2) is 6.61 Å². The number of aromatic amines is 1. The summed E-state index contributed by atoms with van der Waals surface area (Å²) in [4.78, 5) is 30.8. The fourth-order valence-corrected chi connectivity index (χ4v) is 5.10. The number of rotatable bonds is 5. The van der Waals surface area contributed by atoms with E-state index in [4.69, 9.17) is 4.74 Å². The molecule has 0 fully saturated rings. The Bertz CT molecular complexity index is 1200. The van der Waals surface area contributed by atoms with Crippen LogP contribution in [0.15, 0.2) is 60.7 Å². The molecule has 0 bridgehead atoms. The molecule has 5 heteroatoms. The second-order valence-electron chi connectivity index (χ2n) is 7.20. The van der Waals surface area contributed by atoms with Crippen LogP contribution < -0.4 is 0 Å². The molecule has 0 saturated heterocycles. The lowest BCUT2D eigenvalue weighted by Crippen LogP contribution is -2.14. The number of Topliss-reactive ketones (excluding diaryl/α,β-unsaturated/α-hetero) is 1. The van der Waals surface area contributed by atoms with Crippen molar-refractivity contribution in [3.8, 4) is 11.3 Å². The number of thiophene rings is 1. The van der Waals surface area contributed by atoms with Crippen molar-refractivity contribution >= 4 is 34.0 Å². The average molecular weight is 401 g/mol. The van der Waals surface area contributed by atoms with E-state index >= 15 is 0 Å². The number of aromatic nitrogens is 1. The Hall–Kier alpha value is -3.18. The number of hydrogen-bond donors (Lipinski definition) is 1. The number of fused-ring (bicyclic) bond motifs is 2. The van der Waals surface area contributed by atoms with E-state index in [2.05, 4.69) is 4.98 Å². The number of nitrogens with one attached hydrogen (secondary N) is 1. The Kier molecular flexibility index (Phi) is 4.52. The number of esters is 1. The second kappa shape index (κ2) is 7.33. The minimum Gasteiger partial charge on any atom is -0.453 e. The second-order valence-corrected chi connectivity index (χ2v) is 8.34. The van der Waals surface area contributed by atoms with Crippen molar-refractivity contribution in [3.63, 3.8) is 0 Å². The number of ketones is 1. The van der Waals surface area contributed by atoms with E-state index in [-0.39, 0.29) is 12.4 Å². The highest BCUT2D eigenvalue weighted by atomic mass is 32.1. The van der Waals surface area contributed by atoms with E-state index in [0.717, 1.165) is 41.4 Å². The number of para-hydroxylation sites is 1. The van der Waals surface area contributed by atoms with Gasteiger partial charge in [0.2, 0.25) is 5.78 Å². The average Bonchev–Trinajstić information content (AvgIpc) is 3.45. The summed E-state index contributed by atoms with van der Waals surface area (Å²) in [6.07, 6.45) is 3.20. The Balaban J connectivity index is 1.42. The number of carbonyl (C=O) groups excluding carboxylic acids is 2. The number of aryl methyl sites for hydroxylation is 2. The van der Waals surface area contributed by atoms with E-state index in [1.54, 1.807) is 0 Å². The topological polar surface area (TPSA) is 59.2 Å². The van der Waals surface area contributed by atoms with Gasteiger partial charge in [-0.2, -0.15) is 0 Å². The fraction of sp³-hybridized carbons (Fsp3) is 0.167. The van der Waals surface area contributed by atoms with Gasteiger partial charge in [0, 0.05) is 15.8 Å². The van der Waals surface area contributed by atoms with Crippen molar-refractivity contribution in [2.45, 2.75) is 19.3 Å². The molecular weight excluding hydrogens is 382 g/mol. The maximum atomic E-state index is 13.1. The molecule has 29 heavy (non-hydrogen) atoms. The van der Waals surface area contributed by atoms with Crippen molar-refractivity contribution in [1.82, 2.24) is 4.98 Å². The maximum absolute atomic E-state index is 13.1. The first-order valence-corrected chi connectivity index (χ1v) is 10.5. The van der Waals surface area contributed by atoms with E-state index in [9.17, 15) is 9.59 Å². The molecule has 0 spiro atoms. The molecule has 4 nitrogen and oxygen atoms in total. The Morgan fingerprint density at radius 2 is 1.79 bits per heavy atom. The highest BCUT2D eigenvalue weighted by Gasteiger charge is 2.23. The molecule has 0 saturated carbocycles. The van der Waals surface area contributed by atoms with Gasteiger partial charge in [-0.05, 0) is 42.5 Å². The molecule has 4 aromatic rings. The molecule has 1 aliphatic rings. The quantitative estimate of drug-likeness (QED) is 0.359. The molecule has 1 N–H and O–H groups in total. The molecule has 1 aliphatic carbocycles. The zero-order valence-corrected chi connectivity index (χ0v) is 16.6. The third-order valence-corrected chi connectivity index (χ3v) is 6.55. The van der Waals surface area contributed by atoms with Crippen LogP contribution in [0.3, 0.4) is 0 Å². The van der Waals surface area contributed by atoms with Crippen LogP contribution in [-0.2, 0) is 17.6 Å². The lowest BCUT2D eigenvalue weighted by Gasteiger charge is -2.06. The molecule has 144 valence electrons. The van der Waals surface area contributed by atoms with Crippen molar-refractivity contribution in [2.75, 3.05) is 6.61 Å². The summed E-state index contributed by atoms with van der Waals surface area (Å²) in [5.74, 6) is -0.627. The van der Waals surface area contributed by atoms with Gasteiger partial charge in [0.25, 0.3) is 0 Å². The summed E-state index contributed by atoms with van der Waals surface area (Å²) in [5, 5.41) is 0.836. The minimum atomic E-state index is -0.418. The summed E-state index contributed by atoms with van der Waals surface area (Å²) < 4.78 is 5.40. The molecule has 5 rings (SSSR count). The molecular formula is C24H19NO3S. The van der Waals surface area contributed by atoms with E-state index < -0.39 is 5.97 Å². The first-order chi connectivity index (χ1) is 14.2. The zero-order chi connectivity index (χ0) is 19.8. The van der Waals surface area contributed by atoms with Gasteiger partial charge < -0.3 is 9.72 Å². The van der Waals surface area contributed by atoms with Gasteiger partial charge in [-0.1, -0.05) is 48.5 Å². The van der Waals surface area contributed by atoms with Crippen molar-refractivity contribution in [1.29, 1.82) is 0 Å². The van der Waals surface area contributed by atoms with Gasteiger partial charge in [-0.3, -0.25) is 4.79 Å². The molecule has 2 aromatic heterocycles. The van der Waals surface area contributed by atoms with Crippen LogP contribution in [0.2, 0.25) is 0 Å².